The van der Waals surface area contributed by atoms with Crippen molar-refractivity contribution in [2.45, 2.75) is 32.5 Å². The average molecular weight is 297 g/mol. The second-order valence-corrected chi connectivity index (χ2v) is 5.78. The summed E-state index contributed by atoms with van der Waals surface area (Å²) >= 11 is 0. The summed E-state index contributed by atoms with van der Waals surface area (Å²) in [6.45, 7) is 2.76. The number of hydrogen-bond donors (Lipinski definition) is 1. The molecule has 1 aliphatic rings. The first kappa shape index (κ1) is 14.8. The van der Waals surface area contributed by atoms with Crippen LogP contribution in [0, 0.1) is 0 Å². The van der Waals surface area contributed by atoms with E-state index in [4.69, 9.17) is 5.73 Å². The van der Waals surface area contributed by atoms with Crippen LogP contribution in [0.25, 0.3) is 0 Å². The first-order valence-electron chi connectivity index (χ1n) is 7.72. The minimum absolute atomic E-state index is 0.108. The van der Waals surface area contributed by atoms with E-state index in [9.17, 15) is 0 Å². The highest BCUT2D eigenvalue weighted by atomic mass is 15.2. The first-order chi connectivity index (χ1) is 10.6. The summed E-state index contributed by atoms with van der Waals surface area (Å²) in [5.41, 5.74) is 11.7. The number of aryl methyl sites for hydroxylation is 2. The summed E-state index contributed by atoms with van der Waals surface area (Å²) in [4.78, 5) is 11.3. The predicted molar refractivity (Wildman–Crippen MR) is 90.4 cm³/mol. The summed E-state index contributed by atoms with van der Waals surface area (Å²) in [5, 5.41) is 0. The summed E-state index contributed by atoms with van der Waals surface area (Å²) in [5.74, 6) is 0. The summed E-state index contributed by atoms with van der Waals surface area (Å²) < 4.78 is 2.08. The van der Waals surface area contributed by atoms with E-state index in [-0.39, 0.29) is 6.17 Å². The molecule has 0 aliphatic carbocycles. The minimum Gasteiger partial charge on any atom is -0.352 e. The molecule has 0 spiro atoms. The molecular weight excluding hydrogens is 274 g/mol. The van der Waals surface area contributed by atoms with Crippen molar-refractivity contribution in [1.82, 2.24) is 9.55 Å². The van der Waals surface area contributed by atoms with E-state index < -0.39 is 0 Å². The van der Waals surface area contributed by atoms with Gasteiger partial charge in [-0.15, -0.1) is 0 Å². The Hall–Kier alpha value is -2.14. The molecule has 22 heavy (non-hydrogen) atoms. The fourth-order valence-corrected chi connectivity index (χ4v) is 3.00. The zero-order valence-corrected chi connectivity index (χ0v) is 13.5. The van der Waals surface area contributed by atoms with Gasteiger partial charge < -0.3 is 15.2 Å². The SMILES string of the molecule is CCc1cc(CN)ccc1N(C)[C@@H]1Cc2c(ncn2C)C=N1. The Morgan fingerprint density at radius 1 is 1.41 bits per heavy atom. The van der Waals surface area contributed by atoms with Gasteiger partial charge in [0.15, 0.2) is 0 Å². The molecule has 0 amide bonds. The molecule has 1 aromatic carbocycles. The lowest BCUT2D eigenvalue weighted by atomic mass is 10.0. The number of rotatable bonds is 4. The summed E-state index contributed by atoms with van der Waals surface area (Å²) in [7, 11) is 4.15. The number of benzene rings is 1. The second-order valence-electron chi connectivity index (χ2n) is 5.78. The molecule has 0 saturated heterocycles. The van der Waals surface area contributed by atoms with Crippen molar-refractivity contribution in [3.8, 4) is 0 Å². The molecule has 2 N–H and O–H groups in total. The molecule has 3 rings (SSSR count). The Labute approximate surface area is 131 Å². The van der Waals surface area contributed by atoms with Crippen LogP contribution in [0.2, 0.25) is 0 Å². The van der Waals surface area contributed by atoms with Crippen molar-refractivity contribution >= 4 is 11.9 Å². The molecule has 116 valence electrons. The standard InChI is InChI=1S/C17H23N5/c1-4-13-7-12(9-18)5-6-15(13)22(3)17-8-16-14(10-19-17)20-11-21(16)2/h5-7,10-11,17H,4,8-9,18H2,1-3H3/t17-/m1/s1. The topological polar surface area (TPSA) is 59.4 Å². The lowest BCUT2D eigenvalue weighted by molar-refractivity contribution is 0.620. The predicted octanol–water partition coefficient (Wildman–Crippen LogP) is 1.88. The molecule has 0 unspecified atom stereocenters. The summed E-state index contributed by atoms with van der Waals surface area (Å²) in [6, 6.07) is 6.47. The van der Waals surface area contributed by atoms with E-state index in [0.29, 0.717) is 6.54 Å². The van der Waals surface area contributed by atoms with Crippen molar-refractivity contribution in [2.24, 2.45) is 17.8 Å². The Morgan fingerprint density at radius 2 is 2.23 bits per heavy atom. The Bertz CT molecular complexity index is 701. The van der Waals surface area contributed by atoms with Crippen LogP contribution in [-0.2, 0) is 26.4 Å². The van der Waals surface area contributed by atoms with Crippen molar-refractivity contribution < 1.29 is 0 Å². The average Bonchev–Trinajstić information content (AvgIpc) is 2.94. The molecule has 0 fully saturated rings. The lowest BCUT2D eigenvalue weighted by Gasteiger charge is -2.30. The van der Waals surface area contributed by atoms with Crippen LogP contribution in [0.3, 0.4) is 0 Å². The number of hydrogen-bond acceptors (Lipinski definition) is 4. The van der Waals surface area contributed by atoms with Gasteiger partial charge in [-0.25, -0.2) is 4.98 Å². The van der Waals surface area contributed by atoms with Crippen LogP contribution in [0.5, 0.6) is 0 Å². The molecule has 2 heterocycles. The maximum absolute atomic E-state index is 5.75. The van der Waals surface area contributed by atoms with Crippen LogP contribution in [0.1, 0.15) is 29.4 Å². The van der Waals surface area contributed by atoms with Crippen molar-refractivity contribution in [2.75, 3.05) is 11.9 Å². The highest BCUT2D eigenvalue weighted by Gasteiger charge is 2.23. The van der Waals surface area contributed by atoms with E-state index in [1.54, 1.807) is 0 Å². The van der Waals surface area contributed by atoms with Gasteiger partial charge in [-0.2, -0.15) is 0 Å². The van der Waals surface area contributed by atoms with Gasteiger partial charge in [0.1, 0.15) is 11.9 Å². The number of aliphatic imine (C=N–C) groups is 1. The lowest BCUT2D eigenvalue weighted by Crippen LogP contribution is -2.35. The van der Waals surface area contributed by atoms with Gasteiger partial charge in [0.05, 0.1) is 12.5 Å². The van der Waals surface area contributed by atoms with Crippen LogP contribution >= 0.6 is 0 Å². The van der Waals surface area contributed by atoms with Gasteiger partial charge in [0.2, 0.25) is 0 Å². The first-order valence-corrected chi connectivity index (χ1v) is 7.72. The quantitative estimate of drug-likeness (QED) is 0.937. The van der Waals surface area contributed by atoms with E-state index in [0.717, 1.165) is 18.5 Å². The largest absolute Gasteiger partial charge is 0.352 e. The highest BCUT2D eigenvalue weighted by molar-refractivity contribution is 5.80. The number of fused-ring (bicyclic) bond motifs is 1. The van der Waals surface area contributed by atoms with Crippen LogP contribution in [0.4, 0.5) is 5.69 Å². The van der Waals surface area contributed by atoms with Gasteiger partial charge in [-0.05, 0) is 23.6 Å². The third kappa shape index (κ3) is 2.52. The van der Waals surface area contributed by atoms with Gasteiger partial charge in [-0.3, -0.25) is 4.99 Å². The maximum Gasteiger partial charge on any atom is 0.126 e. The Kier molecular flexibility index (Phi) is 3.98. The molecular formula is C17H23N5. The molecule has 0 bridgehead atoms. The van der Waals surface area contributed by atoms with E-state index in [1.165, 1.54) is 22.5 Å². The molecule has 1 atom stereocenters. The smallest absolute Gasteiger partial charge is 0.126 e. The Morgan fingerprint density at radius 3 is 2.95 bits per heavy atom. The molecule has 1 aliphatic heterocycles. The third-order valence-electron chi connectivity index (χ3n) is 4.42. The highest BCUT2D eigenvalue weighted by Crippen LogP contribution is 2.26. The van der Waals surface area contributed by atoms with E-state index in [1.807, 2.05) is 19.6 Å². The molecule has 1 aromatic heterocycles. The summed E-state index contributed by atoms with van der Waals surface area (Å²) in [6.07, 6.45) is 5.71. The van der Waals surface area contributed by atoms with Crippen LogP contribution < -0.4 is 10.6 Å². The van der Waals surface area contributed by atoms with Gasteiger partial charge >= 0.3 is 0 Å². The zero-order valence-electron chi connectivity index (χ0n) is 13.5. The van der Waals surface area contributed by atoms with Gasteiger partial charge in [0, 0.05) is 38.4 Å². The van der Waals surface area contributed by atoms with Crippen LogP contribution in [-0.4, -0.2) is 29.0 Å². The van der Waals surface area contributed by atoms with Crippen LogP contribution in [0.15, 0.2) is 29.5 Å². The molecule has 2 aromatic rings. The van der Waals surface area contributed by atoms with Crippen molar-refractivity contribution in [1.29, 1.82) is 0 Å². The van der Waals surface area contributed by atoms with Gasteiger partial charge in [0.25, 0.3) is 0 Å². The number of likely N-dealkylation sites (N-methyl/N-ethyl adjacent to an activating group) is 1. The number of anilines is 1. The molecule has 5 heteroatoms. The zero-order chi connectivity index (χ0) is 15.7. The molecule has 0 radical (unpaired) electrons. The van der Waals surface area contributed by atoms with E-state index >= 15 is 0 Å². The molecule has 5 nitrogen and oxygen atoms in total. The number of nitrogens with two attached hydrogens (primary N) is 1. The Balaban J connectivity index is 1.89. The number of nitrogens with zero attached hydrogens (tertiary/aromatic N) is 4. The van der Waals surface area contributed by atoms with Crippen molar-refractivity contribution in [3.05, 3.63) is 47.0 Å². The number of imidazole rings is 1. The second kappa shape index (κ2) is 5.93. The minimum atomic E-state index is 0.108. The van der Waals surface area contributed by atoms with Crippen molar-refractivity contribution in [3.63, 3.8) is 0 Å². The molecule has 0 saturated carbocycles. The number of aromatic nitrogens is 2. The fourth-order valence-electron chi connectivity index (χ4n) is 3.00. The monoisotopic (exact) mass is 297 g/mol. The normalized spacial score (nSPS) is 16.6. The third-order valence-corrected chi connectivity index (χ3v) is 4.42. The maximum atomic E-state index is 5.75. The van der Waals surface area contributed by atoms with E-state index in [2.05, 4.69) is 51.6 Å². The fraction of sp³-hybridized carbons (Fsp3) is 0.412. The van der Waals surface area contributed by atoms with Gasteiger partial charge in [-0.1, -0.05) is 19.1 Å².